The first-order chi connectivity index (χ1) is 19.6. The van der Waals surface area contributed by atoms with E-state index in [4.69, 9.17) is 32.4 Å². The standard InChI is InChI=1S/C31H37Cl2N3O4Si/c1-41(2,3)40-21-24(13-9-10-18-34-30(38)39-20-22-11-5-4-6-12-22)36-31(25-14-7-8-15-27(25)33)26-19-23(32)16-17-28(26)35-29(31)37/h4-8,11-12,14-17,19,24,36H,9-10,13,18,20-21H2,1-3H3,(H,34,38)(H,35,37)/t24-,31?/m0/s1. The Morgan fingerprint density at radius 2 is 1.71 bits per heavy atom. The van der Waals surface area contributed by atoms with Gasteiger partial charge in [0.2, 0.25) is 0 Å². The lowest BCUT2D eigenvalue weighted by molar-refractivity contribution is -0.120. The molecule has 0 saturated carbocycles. The van der Waals surface area contributed by atoms with E-state index in [9.17, 15) is 9.59 Å². The van der Waals surface area contributed by atoms with Crippen molar-refractivity contribution in [3.8, 4) is 0 Å². The Kier molecular flexibility index (Phi) is 10.5. The van der Waals surface area contributed by atoms with Crippen LogP contribution in [0.1, 0.15) is 36.0 Å². The quantitative estimate of drug-likeness (QED) is 0.141. The minimum atomic E-state index is -1.86. The minimum Gasteiger partial charge on any atom is -0.445 e. The molecular weight excluding hydrogens is 577 g/mol. The maximum atomic E-state index is 13.8. The summed E-state index contributed by atoms with van der Waals surface area (Å²) < 4.78 is 11.6. The Labute approximate surface area is 253 Å². The third kappa shape index (κ3) is 8.11. The van der Waals surface area contributed by atoms with Gasteiger partial charge in [0.1, 0.15) is 6.61 Å². The number of fused-ring (bicyclic) bond motifs is 1. The summed E-state index contributed by atoms with van der Waals surface area (Å²) in [6.07, 6.45) is 1.79. The Morgan fingerprint density at radius 1 is 0.976 bits per heavy atom. The van der Waals surface area contributed by atoms with Crippen LogP contribution in [-0.4, -0.2) is 39.5 Å². The number of hydrogen-bond donors (Lipinski definition) is 3. The molecule has 41 heavy (non-hydrogen) atoms. The summed E-state index contributed by atoms with van der Waals surface area (Å²) in [5, 5.41) is 10.5. The number of unbranched alkanes of at least 4 members (excludes halogenated alkanes) is 1. The fraction of sp³-hybridized carbons (Fsp3) is 0.355. The highest BCUT2D eigenvalue weighted by Crippen LogP contribution is 2.44. The monoisotopic (exact) mass is 613 g/mol. The molecule has 1 aliphatic rings. The molecule has 10 heteroatoms. The van der Waals surface area contributed by atoms with Crippen molar-refractivity contribution < 1.29 is 18.8 Å². The molecule has 1 unspecified atom stereocenters. The second kappa shape index (κ2) is 13.9. The second-order valence-electron chi connectivity index (χ2n) is 11.1. The number of amides is 2. The summed E-state index contributed by atoms with van der Waals surface area (Å²) >= 11 is 13.1. The number of carbonyl (C=O) groups excluding carboxylic acids is 2. The molecule has 0 aliphatic carbocycles. The molecule has 2 atom stereocenters. The molecule has 0 saturated heterocycles. The van der Waals surface area contributed by atoms with E-state index in [0.29, 0.717) is 40.9 Å². The van der Waals surface area contributed by atoms with E-state index in [1.54, 1.807) is 12.1 Å². The van der Waals surface area contributed by atoms with Crippen LogP contribution in [0.4, 0.5) is 10.5 Å². The van der Waals surface area contributed by atoms with Crippen LogP contribution in [0, 0.1) is 0 Å². The molecule has 3 N–H and O–H groups in total. The van der Waals surface area contributed by atoms with Crippen LogP contribution in [-0.2, 0) is 26.1 Å². The van der Waals surface area contributed by atoms with Gasteiger partial charge in [-0.2, -0.15) is 0 Å². The van der Waals surface area contributed by atoms with E-state index in [1.165, 1.54) is 0 Å². The fourth-order valence-corrected chi connectivity index (χ4v) is 6.01. The number of anilines is 1. The van der Waals surface area contributed by atoms with E-state index < -0.39 is 19.9 Å². The van der Waals surface area contributed by atoms with Crippen LogP contribution in [0.25, 0.3) is 0 Å². The van der Waals surface area contributed by atoms with Crippen LogP contribution in [0.2, 0.25) is 29.7 Å². The third-order valence-corrected chi connectivity index (χ3v) is 8.45. The SMILES string of the molecule is C[Si](C)(C)OC[C@H](CCCCNC(=O)OCc1ccccc1)NC1(c2ccccc2Cl)C(=O)Nc2ccc(Cl)cc21. The zero-order valence-corrected chi connectivity index (χ0v) is 26.1. The highest BCUT2D eigenvalue weighted by atomic mass is 35.5. The van der Waals surface area contributed by atoms with Crippen molar-refractivity contribution in [1.82, 2.24) is 10.6 Å². The van der Waals surface area contributed by atoms with Gasteiger partial charge in [0.05, 0.1) is 0 Å². The Bertz CT molecular complexity index is 1350. The molecule has 218 valence electrons. The molecule has 4 rings (SSSR count). The van der Waals surface area contributed by atoms with Crippen LogP contribution < -0.4 is 16.0 Å². The van der Waals surface area contributed by atoms with Gasteiger partial charge in [-0.25, -0.2) is 4.79 Å². The first-order valence-electron chi connectivity index (χ1n) is 13.8. The smallest absolute Gasteiger partial charge is 0.407 e. The molecule has 0 fully saturated rings. The van der Waals surface area contributed by atoms with Crippen molar-refractivity contribution in [3.63, 3.8) is 0 Å². The summed E-state index contributed by atoms with van der Waals surface area (Å²) in [6.45, 7) is 7.54. The first kappa shape index (κ1) is 31.1. The molecule has 1 aliphatic heterocycles. The fourth-order valence-electron chi connectivity index (χ4n) is 4.86. The van der Waals surface area contributed by atoms with E-state index in [0.717, 1.165) is 24.0 Å². The summed E-state index contributed by atoms with van der Waals surface area (Å²) in [5.74, 6) is -0.219. The molecule has 3 aromatic rings. The molecule has 3 aromatic carbocycles. The summed E-state index contributed by atoms with van der Waals surface area (Å²) in [4.78, 5) is 25.9. The molecule has 0 spiro atoms. The van der Waals surface area contributed by atoms with Gasteiger partial charge in [0.15, 0.2) is 13.9 Å². The predicted octanol–water partition coefficient (Wildman–Crippen LogP) is 7.10. The highest BCUT2D eigenvalue weighted by Gasteiger charge is 2.50. The van der Waals surface area contributed by atoms with Gasteiger partial charge in [-0.05, 0) is 62.3 Å². The average molecular weight is 615 g/mol. The number of halogens is 2. The van der Waals surface area contributed by atoms with E-state index in [-0.39, 0.29) is 18.6 Å². The highest BCUT2D eigenvalue weighted by molar-refractivity contribution is 6.69. The van der Waals surface area contributed by atoms with Gasteiger partial charge in [0.25, 0.3) is 5.91 Å². The predicted molar refractivity (Wildman–Crippen MR) is 167 cm³/mol. The van der Waals surface area contributed by atoms with Gasteiger partial charge in [-0.15, -0.1) is 0 Å². The molecular formula is C31H37Cl2N3O4Si. The van der Waals surface area contributed by atoms with E-state index in [1.807, 2.05) is 60.7 Å². The molecule has 0 radical (unpaired) electrons. The van der Waals surface area contributed by atoms with Gasteiger partial charge >= 0.3 is 6.09 Å². The number of benzene rings is 3. The van der Waals surface area contributed by atoms with Crippen molar-refractivity contribution in [2.24, 2.45) is 0 Å². The number of carbonyl (C=O) groups is 2. The number of nitrogens with one attached hydrogen (secondary N) is 3. The lowest BCUT2D eigenvalue weighted by atomic mass is 9.82. The lowest BCUT2D eigenvalue weighted by Crippen LogP contribution is -2.55. The molecule has 0 bridgehead atoms. The third-order valence-electron chi connectivity index (χ3n) is 6.85. The Hall–Kier alpha value is -2.88. The van der Waals surface area contributed by atoms with Gasteiger partial charge in [-0.1, -0.05) is 78.2 Å². The Morgan fingerprint density at radius 3 is 2.44 bits per heavy atom. The van der Waals surface area contributed by atoms with Crippen LogP contribution in [0.15, 0.2) is 72.8 Å². The van der Waals surface area contributed by atoms with Gasteiger partial charge in [-0.3, -0.25) is 10.1 Å². The zero-order valence-electron chi connectivity index (χ0n) is 23.6. The lowest BCUT2D eigenvalue weighted by Gasteiger charge is -2.36. The molecule has 0 aromatic heterocycles. The molecule has 1 heterocycles. The van der Waals surface area contributed by atoms with Gasteiger partial charge in [0, 0.05) is 46.1 Å². The van der Waals surface area contributed by atoms with E-state index >= 15 is 0 Å². The van der Waals surface area contributed by atoms with Crippen molar-refractivity contribution in [2.75, 3.05) is 18.5 Å². The van der Waals surface area contributed by atoms with Crippen molar-refractivity contribution in [2.45, 2.75) is 57.1 Å². The Balaban J connectivity index is 1.46. The topological polar surface area (TPSA) is 88.7 Å². The minimum absolute atomic E-state index is 0.182. The summed E-state index contributed by atoms with van der Waals surface area (Å²) in [5.41, 5.74) is 1.76. The normalized spacial score (nSPS) is 17.0. The zero-order chi connectivity index (χ0) is 29.5. The van der Waals surface area contributed by atoms with E-state index in [2.05, 4.69) is 35.6 Å². The van der Waals surface area contributed by atoms with Crippen LogP contribution in [0.5, 0.6) is 0 Å². The second-order valence-corrected chi connectivity index (χ2v) is 16.5. The van der Waals surface area contributed by atoms with Crippen molar-refractivity contribution in [1.29, 1.82) is 0 Å². The summed E-state index contributed by atoms with van der Waals surface area (Å²) in [7, 11) is -1.86. The number of ether oxygens (including phenoxy) is 1. The average Bonchev–Trinajstić information content (AvgIpc) is 3.21. The molecule has 7 nitrogen and oxygen atoms in total. The van der Waals surface area contributed by atoms with Crippen LogP contribution in [0.3, 0.4) is 0 Å². The summed E-state index contributed by atoms with van der Waals surface area (Å²) in [6, 6.07) is 22.1. The largest absolute Gasteiger partial charge is 0.445 e. The number of rotatable bonds is 13. The van der Waals surface area contributed by atoms with Gasteiger partial charge < -0.3 is 19.8 Å². The number of hydrogen-bond acceptors (Lipinski definition) is 5. The maximum absolute atomic E-state index is 13.8. The van der Waals surface area contributed by atoms with Crippen molar-refractivity contribution >= 4 is 49.2 Å². The van der Waals surface area contributed by atoms with Crippen LogP contribution >= 0.6 is 23.2 Å². The number of alkyl carbamates (subject to hydrolysis) is 1. The van der Waals surface area contributed by atoms with Crippen molar-refractivity contribution in [3.05, 3.63) is 99.5 Å². The first-order valence-corrected chi connectivity index (χ1v) is 18.0. The maximum Gasteiger partial charge on any atom is 0.407 e. The molecule has 2 amide bonds.